The van der Waals surface area contributed by atoms with E-state index >= 15 is 0 Å². The second-order valence-corrected chi connectivity index (χ2v) is 10.5. The molecule has 5 nitrogen and oxygen atoms in total. The first-order valence-electron chi connectivity index (χ1n) is 12.1. The average molecular weight is 435 g/mol. The van der Waals surface area contributed by atoms with Gasteiger partial charge in [0, 0.05) is 20.8 Å². The molecule has 29 heavy (non-hydrogen) atoms. The number of hydrogen-bond donors (Lipinski definition) is 0. The predicted octanol–water partition coefficient (Wildman–Crippen LogP) is 7.48. The fourth-order valence-corrected chi connectivity index (χ4v) is 5.28. The standard InChI is InChI=1S/C23H47O5P/c1-4-5-6-7-8-9-10-11-12-13-14-15-16-17-18-19-20-27-21-22(25-2)23-28-29(23,24)26-3/h22-23H,4-21H2,1-3H3/t22-,23?,29?/m0/s1. The van der Waals surface area contributed by atoms with Crippen LogP contribution in [0.2, 0.25) is 0 Å². The molecule has 0 saturated carbocycles. The molecule has 2 unspecified atom stereocenters. The number of ether oxygens (including phenoxy) is 2. The highest BCUT2D eigenvalue weighted by Crippen LogP contribution is 2.71. The van der Waals surface area contributed by atoms with Crippen LogP contribution in [0.4, 0.5) is 0 Å². The van der Waals surface area contributed by atoms with Gasteiger partial charge in [-0.3, -0.25) is 9.09 Å². The summed E-state index contributed by atoms with van der Waals surface area (Å²) in [5.74, 6) is -0.455. The second kappa shape index (κ2) is 17.7. The molecule has 0 N–H and O–H groups in total. The summed E-state index contributed by atoms with van der Waals surface area (Å²) in [6.07, 6.45) is 21.6. The van der Waals surface area contributed by atoms with Gasteiger partial charge in [0.1, 0.15) is 6.10 Å². The van der Waals surface area contributed by atoms with E-state index in [1.165, 1.54) is 103 Å². The number of unbranched alkanes of at least 4 members (excludes halogenated alkanes) is 15. The fraction of sp³-hybridized carbons (Fsp3) is 1.00. The zero-order chi connectivity index (χ0) is 21.2. The van der Waals surface area contributed by atoms with Crippen molar-refractivity contribution in [3.05, 3.63) is 0 Å². The topological polar surface area (TPSA) is 57.3 Å². The Morgan fingerprint density at radius 1 is 0.759 bits per heavy atom. The van der Waals surface area contributed by atoms with E-state index < -0.39 is 13.4 Å². The van der Waals surface area contributed by atoms with Crippen LogP contribution in [0, 0.1) is 0 Å². The molecule has 0 aliphatic carbocycles. The van der Waals surface area contributed by atoms with Crippen LogP contribution in [0.1, 0.15) is 110 Å². The first-order valence-corrected chi connectivity index (χ1v) is 13.7. The van der Waals surface area contributed by atoms with Crippen molar-refractivity contribution >= 4 is 7.60 Å². The molecule has 0 bridgehead atoms. The van der Waals surface area contributed by atoms with Crippen LogP contribution in [0.25, 0.3) is 0 Å². The number of rotatable bonds is 22. The Morgan fingerprint density at radius 3 is 1.59 bits per heavy atom. The zero-order valence-corrected chi connectivity index (χ0v) is 20.3. The van der Waals surface area contributed by atoms with Gasteiger partial charge in [0.15, 0.2) is 5.85 Å². The molecule has 1 rings (SSSR count). The highest BCUT2D eigenvalue weighted by atomic mass is 31.2. The number of hydrogen-bond acceptors (Lipinski definition) is 5. The van der Waals surface area contributed by atoms with Crippen molar-refractivity contribution in [1.82, 2.24) is 0 Å². The Morgan fingerprint density at radius 2 is 1.21 bits per heavy atom. The molecular formula is C23H47O5P. The summed E-state index contributed by atoms with van der Waals surface area (Å²) in [6, 6.07) is 0. The summed E-state index contributed by atoms with van der Waals surface area (Å²) in [4.78, 5) is 0. The van der Waals surface area contributed by atoms with Gasteiger partial charge in [-0.25, -0.2) is 0 Å². The Kier molecular flexibility index (Phi) is 16.6. The minimum Gasteiger partial charge on any atom is -0.379 e. The quantitative estimate of drug-likeness (QED) is 0.100. The predicted molar refractivity (Wildman–Crippen MR) is 121 cm³/mol. The fourth-order valence-electron chi connectivity index (χ4n) is 3.76. The second-order valence-electron chi connectivity index (χ2n) is 8.37. The van der Waals surface area contributed by atoms with Crippen molar-refractivity contribution in [1.29, 1.82) is 0 Å². The molecule has 0 radical (unpaired) electrons. The van der Waals surface area contributed by atoms with Crippen molar-refractivity contribution in [2.24, 2.45) is 0 Å². The van der Waals surface area contributed by atoms with E-state index in [-0.39, 0.29) is 6.10 Å². The third-order valence-corrected chi connectivity index (χ3v) is 7.70. The van der Waals surface area contributed by atoms with Gasteiger partial charge in [-0.2, -0.15) is 0 Å². The van der Waals surface area contributed by atoms with Crippen LogP contribution < -0.4 is 0 Å². The Labute approximate surface area is 180 Å². The molecule has 0 amide bonds. The van der Waals surface area contributed by atoms with E-state index in [4.69, 9.17) is 18.5 Å². The maximum Gasteiger partial charge on any atom is 0.363 e. The van der Waals surface area contributed by atoms with Gasteiger partial charge >= 0.3 is 7.60 Å². The normalized spacial score (nSPS) is 22.1. The molecule has 0 spiro atoms. The van der Waals surface area contributed by atoms with E-state index in [0.717, 1.165) is 13.0 Å². The van der Waals surface area contributed by atoms with Gasteiger partial charge in [-0.1, -0.05) is 103 Å². The average Bonchev–Trinajstić information content (AvgIpc) is 3.41. The molecule has 1 aliphatic rings. The Hall–Kier alpha value is 0.0700. The van der Waals surface area contributed by atoms with E-state index in [1.54, 1.807) is 7.11 Å². The minimum absolute atomic E-state index is 0.304. The van der Waals surface area contributed by atoms with Crippen molar-refractivity contribution in [2.75, 3.05) is 27.4 Å². The highest BCUT2D eigenvalue weighted by molar-refractivity contribution is 7.60. The molecule has 174 valence electrons. The van der Waals surface area contributed by atoms with Gasteiger partial charge in [-0.05, 0) is 6.42 Å². The molecule has 0 aromatic carbocycles. The lowest BCUT2D eigenvalue weighted by molar-refractivity contribution is -0.00625. The summed E-state index contributed by atoms with van der Waals surface area (Å²) in [7, 11) is 0.117. The van der Waals surface area contributed by atoms with Gasteiger partial charge < -0.3 is 14.0 Å². The smallest absolute Gasteiger partial charge is 0.363 e. The molecule has 1 aliphatic heterocycles. The Balaban J connectivity index is 1.76. The van der Waals surface area contributed by atoms with Crippen LogP contribution in [0.5, 0.6) is 0 Å². The van der Waals surface area contributed by atoms with Crippen LogP contribution >= 0.6 is 7.60 Å². The maximum absolute atomic E-state index is 11.8. The van der Waals surface area contributed by atoms with E-state index in [9.17, 15) is 4.57 Å². The van der Waals surface area contributed by atoms with Crippen LogP contribution in [0.3, 0.4) is 0 Å². The van der Waals surface area contributed by atoms with Crippen molar-refractivity contribution in [3.8, 4) is 0 Å². The molecule has 1 heterocycles. The molecule has 0 aromatic rings. The lowest BCUT2D eigenvalue weighted by Crippen LogP contribution is -2.24. The summed E-state index contributed by atoms with van der Waals surface area (Å²) < 4.78 is 32.8. The molecule has 1 saturated heterocycles. The summed E-state index contributed by atoms with van der Waals surface area (Å²) in [5.41, 5.74) is 0. The van der Waals surface area contributed by atoms with E-state index in [1.807, 2.05) is 0 Å². The van der Waals surface area contributed by atoms with Gasteiger partial charge in [0.05, 0.1) is 6.61 Å². The first-order chi connectivity index (χ1) is 14.2. The highest BCUT2D eigenvalue weighted by Gasteiger charge is 2.58. The molecule has 6 heteroatoms. The minimum atomic E-state index is -2.88. The molecule has 1 fully saturated rings. The number of methoxy groups -OCH3 is 1. The maximum atomic E-state index is 11.8. The third-order valence-electron chi connectivity index (χ3n) is 5.82. The SMILES string of the molecule is CCCCCCCCCCCCCCCCCCOC[C@H](OC)C1OP1(=O)OC. The lowest BCUT2D eigenvalue weighted by Gasteiger charge is -2.12. The van der Waals surface area contributed by atoms with Crippen LogP contribution in [-0.4, -0.2) is 39.4 Å². The van der Waals surface area contributed by atoms with Crippen LogP contribution in [-0.2, 0) is 23.1 Å². The van der Waals surface area contributed by atoms with Crippen LogP contribution in [0.15, 0.2) is 0 Å². The van der Waals surface area contributed by atoms with Gasteiger partial charge in [0.25, 0.3) is 0 Å². The van der Waals surface area contributed by atoms with Crippen molar-refractivity contribution in [3.63, 3.8) is 0 Å². The van der Waals surface area contributed by atoms with Gasteiger partial charge in [0.2, 0.25) is 0 Å². The van der Waals surface area contributed by atoms with Crippen molar-refractivity contribution < 1.29 is 23.1 Å². The molecule has 0 aromatic heterocycles. The summed E-state index contributed by atoms with van der Waals surface area (Å²) in [6.45, 7) is 3.41. The first kappa shape index (κ1) is 27.1. The molecule has 3 atom stereocenters. The summed E-state index contributed by atoms with van der Waals surface area (Å²) >= 11 is 0. The lowest BCUT2D eigenvalue weighted by atomic mass is 10.0. The largest absolute Gasteiger partial charge is 0.379 e. The molecular weight excluding hydrogens is 387 g/mol. The zero-order valence-electron chi connectivity index (χ0n) is 19.4. The van der Waals surface area contributed by atoms with Gasteiger partial charge in [-0.15, -0.1) is 0 Å². The summed E-state index contributed by atoms with van der Waals surface area (Å²) in [5, 5.41) is 0. The monoisotopic (exact) mass is 434 g/mol. The van der Waals surface area contributed by atoms with E-state index in [2.05, 4.69) is 6.92 Å². The third kappa shape index (κ3) is 13.2. The van der Waals surface area contributed by atoms with E-state index in [0.29, 0.717) is 6.61 Å². The Bertz CT molecular complexity index is 418. The van der Waals surface area contributed by atoms with Crippen molar-refractivity contribution in [2.45, 2.75) is 122 Å².